The third-order valence-electron chi connectivity index (χ3n) is 4.39. The van der Waals surface area contributed by atoms with Crippen LogP contribution in [0, 0.1) is 0 Å². The molecule has 0 bridgehead atoms. The summed E-state index contributed by atoms with van der Waals surface area (Å²) in [7, 11) is 2.49. The van der Waals surface area contributed by atoms with E-state index in [9.17, 15) is 14.4 Å². The third kappa shape index (κ3) is 3.59. The van der Waals surface area contributed by atoms with Gasteiger partial charge in [0.05, 0.1) is 25.3 Å². The average Bonchev–Trinajstić information content (AvgIpc) is 3.14. The summed E-state index contributed by atoms with van der Waals surface area (Å²) < 4.78 is 9.39. The maximum Gasteiger partial charge on any atom is 0.337 e. The second-order valence-corrected chi connectivity index (χ2v) is 6.07. The van der Waals surface area contributed by atoms with Gasteiger partial charge in [-0.15, -0.1) is 0 Å². The molecule has 0 saturated carbocycles. The molecule has 1 amide bonds. The van der Waals surface area contributed by atoms with Crippen molar-refractivity contribution >= 4 is 23.5 Å². The molecular weight excluding hydrogens is 334 g/mol. The van der Waals surface area contributed by atoms with E-state index in [0.29, 0.717) is 11.3 Å². The number of rotatable bonds is 4. The van der Waals surface area contributed by atoms with E-state index in [1.807, 2.05) is 12.1 Å². The minimum absolute atomic E-state index is 0.152. The maximum absolute atomic E-state index is 12.6. The fourth-order valence-corrected chi connectivity index (χ4v) is 3.09. The monoisotopic (exact) mass is 353 g/mol. The molecule has 2 aromatic rings. The molecular formula is C20H19NO5. The zero-order valence-corrected chi connectivity index (χ0v) is 14.6. The first-order chi connectivity index (χ1) is 12.5. The molecule has 0 atom stereocenters. The smallest absolute Gasteiger partial charge is 0.337 e. The van der Waals surface area contributed by atoms with Gasteiger partial charge >= 0.3 is 11.9 Å². The number of amides is 1. The Hall–Kier alpha value is -3.15. The van der Waals surface area contributed by atoms with E-state index in [4.69, 9.17) is 9.47 Å². The predicted molar refractivity (Wildman–Crippen MR) is 95.5 cm³/mol. The van der Waals surface area contributed by atoms with Crippen LogP contribution >= 0.6 is 0 Å². The molecule has 3 rings (SSSR count). The summed E-state index contributed by atoms with van der Waals surface area (Å²) in [6, 6.07) is 9.94. The quantitative estimate of drug-likeness (QED) is 0.855. The van der Waals surface area contributed by atoms with Gasteiger partial charge in [0.15, 0.2) is 0 Å². The molecule has 0 spiro atoms. The highest BCUT2D eigenvalue weighted by Gasteiger charge is 2.17. The molecule has 6 nitrogen and oxygen atoms in total. The summed E-state index contributed by atoms with van der Waals surface area (Å²) in [6.45, 7) is 0. The van der Waals surface area contributed by atoms with Crippen LogP contribution in [0.5, 0.6) is 0 Å². The lowest BCUT2D eigenvalue weighted by Gasteiger charge is -2.10. The lowest BCUT2D eigenvalue weighted by molar-refractivity contribution is 0.0599. The van der Waals surface area contributed by atoms with Crippen molar-refractivity contribution in [2.45, 2.75) is 19.3 Å². The lowest BCUT2D eigenvalue weighted by Crippen LogP contribution is -2.14. The van der Waals surface area contributed by atoms with Crippen molar-refractivity contribution in [1.82, 2.24) is 0 Å². The van der Waals surface area contributed by atoms with Crippen LogP contribution in [0.25, 0.3) is 0 Å². The number of hydrogen-bond acceptors (Lipinski definition) is 5. The molecule has 26 heavy (non-hydrogen) atoms. The van der Waals surface area contributed by atoms with Crippen LogP contribution in [-0.4, -0.2) is 32.1 Å². The summed E-state index contributed by atoms with van der Waals surface area (Å²) >= 11 is 0. The van der Waals surface area contributed by atoms with E-state index >= 15 is 0 Å². The van der Waals surface area contributed by atoms with Gasteiger partial charge in [0.25, 0.3) is 5.91 Å². The number of hydrogen-bond donors (Lipinski definition) is 1. The van der Waals surface area contributed by atoms with Crippen LogP contribution in [0.2, 0.25) is 0 Å². The summed E-state index contributed by atoms with van der Waals surface area (Å²) in [6.07, 6.45) is 3.12. The molecule has 6 heteroatoms. The van der Waals surface area contributed by atoms with Gasteiger partial charge in [0.1, 0.15) is 0 Å². The van der Waals surface area contributed by atoms with Gasteiger partial charge in [-0.05, 0) is 60.7 Å². The molecule has 1 N–H and O–H groups in total. The van der Waals surface area contributed by atoms with Gasteiger partial charge in [0.2, 0.25) is 0 Å². The van der Waals surface area contributed by atoms with E-state index in [-0.39, 0.29) is 17.0 Å². The fourth-order valence-electron chi connectivity index (χ4n) is 3.09. The van der Waals surface area contributed by atoms with Crippen molar-refractivity contribution in [3.8, 4) is 0 Å². The number of carbonyl (C=O) groups excluding carboxylic acids is 3. The van der Waals surface area contributed by atoms with Crippen molar-refractivity contribution < 1.29 is 23.9 Å². The Morgan fingerprint density at radius 2 is 1.42 bits per heavy atom. The largest absolute Gasteiger partial charge is 0.465 e. The van der Waals surface area contributed by atoms with E-state index in [1.54, 1.807) is 6.07 Å². The van der Waals surface area contributed by atoms with E-state index in [2.05, 4.69) is 5.32 Å². The molecule has 134 valence electrons. The van der Waals surface area contributed by atoms with E-state index < -0.39 is 11.9 Å². The molecule has 2 aromatic carbocycles. The van der Waals surface area contributed by atoms with E-state index in [1.165, 1.54) is 43.5 Å². The van der Waals surface area contributed by atoms with Crippen molar-refractivity contribution in [3.63, 3.8) is 0 Å². The number of ether oxygens (including phenoxy) is 2. The number of nitrogens with one attached hydrogen (secondary N) is 1. The minimum atomic E-state index is -0.608. The Labute approximate surface area is 151 Å². The molecule has 0 radical (unpaired) electrons. The van der Waals surface area contributed by atoms with Crippen molar-refractivity contribution in [2.24, 2.45) is 0 Å². The molecule has 0 aromatic heterocycles. The zero-order chi connectivity index (χ0) is 18.7. The summed E-state index contributed by atoms with van der Waals surface area (Å²) in [5, 5.41) is 2.73. The normalized spacial score (nSPS) is 12.2. The Morgan fingerprint density at radius 1 is 0.808 bits per heavy atom. The van der Waals surface area contributed by atoms with Gasteiger partial charge < -0.3 is 14.8 Å². The Bertz CT molecular complexity index is 854. The van der Waals surface area contributed by atoms with E-state index in [0.717, 1.165) is 19.3 Å². The molecule has 1 aliphatic carbocycles. The van der Waals surface area contributed by atoms with Crippen LogP contribution < -0.4 is 5.32 Å². The van der Waals surface area contributed by atoms with Crippen LogP contribution in [0.1, 0.15) is 48.6 Å². The van der Waals surface area contributed by atoms with Gasteiger partial charge in [-0.2, -0.15) is 0 Å². The highest BCUT2D eigenvalue weighted by atomic mass is 16.5. The number of carbonyl (C=O) groups is 3. The number of anilines is 1. The molecule has 0 unspecified atom stereocenters. The number of benzene rings is 2. The van der Waals surface area contributed by atoms with Crippen molar-refractivity contribution in [1.29, 1.82) is 0 Å². The van der Waals surface area contributed by atoms with Gasteiger partial charge in [0, 0.05) is 11.3 Å². The number of esters is 2. The first kappa shape index (κ1) is 17.7. The van der Waals surface area contributed by atoms with Crippen LogP contribution in [0.15, 0.2) is 36.4 Å². The molecule has 0 saturated heterocycles. The standard InChI is InChI=1S/C20H19NO5/c1-25-19(23)15-9-16(20(24)26-2)11-17(10-15)21-18(22)14-7-6-12-4-3-5-13(12)8-14/h6-11H,3-5H2,1-2H3,(H,21,22). The van der Waals surface area contributed by atoms with Crippen LogP contribution in [0.3, 0.4) is 0 Å². The maximum atomic E-state index is 12.6. The number of fused-ring (bicyclic) bond motifs is 1. The van der Waals surface area contributed by atoms with Crippen LogP contribution in [-0.2, 0) is 22.3 Å². The molecule has 1 aliphatic rings. The lowest BCUT2D eigenvalue weighted by atomic mass is 10.1. The third-order valence-corrected chi connectivity index (χ3v) is 4.39. The number of methoxy groups -OCH3 is 2. The fraction of sp³-hybridized carbons (Fsp3) is 0.250. The van der Waals surface area contributed by atoms with Crippen molar-refractivity contribution in [3.05, 3.63) is 64.2 Å². The first-order valence-corrected chi connectivity index (χ1v) is 8.26. The van der Waals surface area contributed by atoms with Gasteiger partial charge in [-0.3, -0.25) is 4.79 Å². The first-order valence-electron chi connectivity index (χ1n) is 8.26. The summed E-state index contributed by atoms with van der Waals surface area (Å²) in [5.41, 5.74) is 3.63. The van der Waals surface area contributed by atoms with Crippen molar-refractivity contribution in [2.75, 3.05) is 19.5 Å². The SMILES string of the molecule is COC(=O)c1cc(NC(=O)c2ccc3c(c2)CCC3)cc(C(=O)OC)c1. The predicted octanol–water partition coefficient (Wildman–Crippen LogP) is 3.00. The molecule has 0 heterocycles. The van der Waals surface area contributed by atoms with Gasteiger partial charge in [-0.1, -0.05) is 6.07 Å². The Balaban J connectivity index is 1.89. The van der Waals surface area contributed by atoms with Crippen LogP contribution in [0.4, 0.5) is 5.69 Å². The average molecular weight is 353 g/mol. The topological polar surface area (TPSA) is 81.7 Å². The Morgan fingerprint density at radius 3 is 2.04 bits per heavy atom. The minimum Gasteiger partial charge on any atom is -0.465 e. The highest BCUT2D eigenvalue weighted by molar-refractivity contribution is 6.06. The molecule has 0 fully saturated rings. The zero-order valence-electron chi connectivity index (χ0n) is 14.6. The van der Waals surface area contributed by atoms with Gasteiger partial charge in [-0.25, -0.2) is 9.59 Å². The Kier molecular flexibility index (Phi) is 5.02. The number of aryl methyl sites for hydroxylation is 2. The second-order valence-electron chi connectivity index (χ2n) is 6.07. The highest BCUT2D eigenvalue weighted by Crippen LogP contribution is 2.24. The summed E-state index contributed by atoms with van der Waals surface area (Å²) in [4.78, 5) is 36.2. The molecule has 0 aliphatic heterocycles. The summed E-state index contributed by atoms with van der Waals surface area (Å²) in [5.74, 6) is -1.52. The second kappa shape index (κ2) is 7.39.